The van der Waals surface area contributed by atoms with Crippen molar-refractivity contribution in [2.24, 2.45) is 0 Å². The van der Waals surface area contributed by atoms with Gasteiger partial charge in [-0.2, -0.15) is 5.10 Å². The van der Waals surface area contributed by atoms with E-state index in [0.29, 0.717) is 0 Å². The van der Waals surface area contributed by atoms with Gasteiger partial charge in [-0.05, 0) is 12.1 Å². The Morgan fingerprint density at radius 3 is 3.06 bits per heavy atom. The third kappa shape index (κ3) is 1.29. The lowest BCUT2D eigenvalue weighted by molar-refractivity contribution is 0.886. The first-order valence-corrected chi connectivity index (χ1v) is 5.23. The van der Waals surface area contributed by atoms with E-state index in [1.165, 1.54) is 0 Å². The second kappa shape index (κ2) is 3.44. The summed E-state index contributed by atoms with van der Waals surface area (Å²) in [4.78, 5) is 11.7. The molecule has 0 saturated carbocycles. The maximum Gasteiger partial charge on any atom is 0.156 e. The molecule has 0 atom stereocenters. The van der Waals surface area contributed by atoms with Crippen LogP contribution >= 0.6 is 0 Å². The van der Waals surface area contributed by atoms with Crippen LogP contribution in [0.5, 0.6) is 0 Å². The fourth-order valence-electron chi connectivity index (χ4n) is 1.68. The average molecular weight is 213 g/mol. The molecule has 5 heteroatoms. The summed E-state index contributed by atoms with van der Waals surface area (Å²) < 4.78 is 1.82. The number of fused-ring (bicyclic) bond motifs is 1. The van der Waals surface area contributed by atoms with Crippen molar-refractivity contribution in [3.8, 4) is 11.5 Å². The second-order valence-electron chi connectivity index (χ2n) is 3.50. The third-order valence-electron chi connectivity index (χ3n) is 2.46. The molecule has 16 heavy (non-hydrogen) atoms. The van der Waals surface area contributed by atoms with Gasteiger partial charge in [0.1, 0.15) is 5.69 Å². The van der Waals surface area contributed by atoms with Crippen LogP contribution in [-0.4, -0.2) is 24.6 Å². The van der Waals surface area contributed by atoms with E-state index in [-0.39, 0.29) is 0 Å². The Balaban J connectivity index is 2.28. The molecule has 0 saturated heterocycles. The Labute approximate surface area is 92.2 Å². The molecule has 3 heterocycles. The smallest absolute Gasteiger partial charge is 0.156 e. The molecule has 5 nitrogen and oxygen atoms in total. The van der Waals surface area contributed by atoms with Crippen molar-refractivity contribution in [3.63, 3.8) is 0 Å². The zero-order valence-corrected chi connectivity index (χ0v) is 8.88. The van der Waals surface area contributed by atoms with Crippen molar-refractivity contribution in [2.45, 2.75) is 13.3 Å². The summed E-state index contributed by atoms with van der Waals surface area (Å²) in [6, 6.07) is 5.87. The highest BCUT2D eigenvalue weighted by molar-refractivity contribution is 5.55. The van der Waals surface area contributed by atoms with Gasteiger partial charge in [-0.3, -0.25) is 0 Å². The van der Waals surface area contributed by atoms with Crippen LogP contribution in [0.1, 0.15) is 12.7 Å². The molecule has 3 aromatic rings. The fraction of sp³-hybridized carbons (Fsp3) is 0.182. The van der Waals surface area contributed by atoms with E-state index in [4.69, 9.17) is 0 Å². The molecular formula is C11H11N5. The molecule has 0 bridgehead atoms. The minimum absolute atomic E-state index is 0.804. The van der Waals surface area contributed by atoms with Crippen molar-refractivity contribution >= 4 is 5.65 Å². The molecule has 0 aliphatic rings. The highest BCUT2D eigenvalue weighted by Gasteiger charge is 2.08. The zero-order chi connectivity index (χ0) is 11.0. The monoisotopic (exact) mass is 213 g/mol. The lowest BCUT2D eigenvalue weighted by atomic mass is 10.3. The van der Waals surface area contributed by atoms with E-state index in [0.717, 1.165) is 29.4 Å². The van der Waals surface area contributed by atoms with Gasteiger partial charge in [0, 0.05) is 18.8 Å². The van der Waals surface area contributed by atoms with E-state index in [9.17, 15) is 0 Å². The summed E-state index contributed by atoms with van der Waals surface area (Å²) in [5.41, 5.74) is 1.78. The first kappa shape index (κ1) is 9.08. The van der Waals surface area contributed by atoms with Crippen molar-refractivity contribution in [2.75, 3.05) is 0 Å². The maximum absolute atomic E-state index is 4.43. The number of H-pyrrole nitrogens is 1. The number of imidazole rings is 1. The van der Waals surface area contributed by atoms with E-state index in [1.807, 2.05) is 29.6 Å². The van der Waals surface area contributed by atoms with Crippen molar-refractivity contribution in [1.82, 2.24) is 24.6 Å². The molecule has 0 aliphatic carbocycles. The summed E-state index contributed by atoms with van der Waals surface area (Å²) in [6.07, 6.45) is 4.36. The maximum atomic E-state index is 4.43. The highest BCUT2D eigenvalue weighted by atomic mass is 15.3. The molecule has 0 fully saturated rings. The van der Waals surface area contributed by atoms with Gasteiger partial charge >= 0.3 is 0 Å². The molecular weight excluding hydrogens is 202 g/mol. The molecule has 0 aromatic carbocycles. The van der Waals surface area contributed by atoms with Crippen molar-refractivity contribution < 1.29 is 0 Å². The van der Waals surface area contributed by atoms with Gasteiger partial charge < -0.3 is 4.98 Å². The molecule has 0 amide bonds. The molecule has 3 aromatic heterocycles. The van der Waals surface area contributed by atoms with Gasteiger partial charge in [0.05, 0.1) is 0 Å². The SMILES string of the molecule is CCc1nc2cccc(-c3ncc[nH]3)n2n1. The second-order valence-corrected chi connectivity index (χ2v) is 3.50. The van der Waals surface area contributed by atoms with Crippen LogP contribution in [0.15, 0.2) is 30.6 Å². The normalized spacial score (nSPS) is 11.1. The predicted octanol–water partition coefficient (Wildman–Crippen LogP) is 1.68. The van der Waals surface area contributed by atoms with E-state index < -0.39 is 0 Å². The van der Waals surface area contributed by atoms with Gasteiger partial charge in [0.2, 0.25) is 0 Å². The van der Waals surface area contributed by atoms with Gasteiger partial charge in [-0.15, -0.1) is 0 Å². The molecule has 1 N–H and O–H groups in total. The largest absolute Gasteiger partial charge is 0.343 e. The average Bonchev–Trinajstić information content (AvgIpc) is 2.97. The number of hydrogen-bond acceptors (Lipinski definition) is 3. The first-order chi connectivity index (χ1) is 7.88. The number of aromatic amines is 1. The van der Waals surface area contributed by atoms with Crippen molar-refractivity contribution in [3.05, 3.63) is 36.4 Å². The van der Waals surface area contributed by atoms with E-state index >= 15 is 0 Å². The quantitative estimate of drug-likeness (QED) is 0.704. The summed E-state index contributed by atoms with van der Waals surface area (Å²) >= 11 is 0. The van der Waals surface area contributed by atoms with Gasteiger partial charge in [-0.25, -0.2) is 14.5 Å². The lowest BCUT2D eigenvalue weighted by Crippen LogP contribution is -1.95. The topological polar surface area (TPSA) is 58.9 Å². The summed E-state index contributed by atoms with van der Waals surface area (Å²) in [7, 11) is 0. The number of aryl methyl sites for hydroxylation is 1. The predicted molar refractivity (Wildman–Crippen MR) is 59.9 cm³/mol. The van der Waals surface area contributed by atoms with Crippen LogP contribution in [0.3, 0.4) is 0 Å². The minimum atomic E-state index is 0.804. The number of pyridine rings is 1. The Bertz CT molecular complexity index is 608. The van der Waals surface area contributed by atoms with Crippen LogP contribution in [0.4, 0.5) is 0 Å². The highest BCUT2D eigenvalue weighted by Crippen LogP contribution is 2.15. The fourth-order valence-corrected chi connectivity index (χ4v) is 1.68. The third-order valence-corrected chi connectivity index (χ3v) is 2.46. The summed E-state index contributed by atoms with van der Waals surface area (Å²) in [5.74, 6) is 1.65. The lowest BCUT2D eigenvalue weighted by Gasteiger charge is -1.99. The molecule has 0 aliphatic heterocycles. The molecule has 3 rings (SSSR count). The molecule has 80 valence electrons. The number of rotatable bonds is 2. The van der Waals surface area contributed by atoms with Crippen LogP contribution in [0, 0.1) is 0 Å². The Morgan fingerprint density at radius 1 is 1.38 bits per heavy atom. The Hall–Kier alpha value is -2.17. The van der Waals surface area contributed by atoms with Gasteiger partial charge in [-0.1, -0.05) is 13.0 Å². The Kier molecular flexibility index (Phi) is 1.96. The molecule has 0 unspecified atom stereocenters. The molecule has 0 spiro atoms. The Morgan fingerprint density at radius 2 is 2.31 bits per heavy atom. The van der Waals surface area contributed by atoms with Crippen LogP contribution in [0.25, 0.3) is 17.2 Å². The summed E-state index contributed by atoms with van der Waals surface area (Å²) in [6.45, 7) is 2.04. The number of nitrogens with one attached hydrogen (secondary N) is 1. The number of hydrogen-bond donors (Lipinski definition) is 1. The zero-order valence-electron chi connectivity index (χ0n) is 8.88. The first-order valence-electron chi connectivity index (χ1n) is 5.23. The molecule has 0 radical (unpaired) electrons. The van der Waals surface area contributed by atoms with Gasteiger partial charge in [0.25, 0.3) is 0 Å². The van der Waals surface area contributed by atoms with Gasteiger partial charge in [0.15, 0.2) is 17.3 Å². The van der Waals surface area contributed by atoms with Crippen LogP contribution in [-0.2, 0) is 6.42 Å². The van der Waals surface area contributed by atoms with E-state index in [2.05, 4.69) is 20.1 Å². The van der Waals surface area contributed by atoms with E-state index in [1.54, 1.807) is 12.4 Å². The van der Waals surface area contributed by atoms with Crippen LogP contribution < -0.4 is 0 Å². The van der Waals surface area contributed by atoms with Crippen molar-refractivity contribution in [1.29, 1.82) is 0 Å². The van der Waals surface area contributed by atoms with Crippen LogP contribution in [0.2, 0.25) is 0 Å². The minimum Gasteiger partial charge on any atom is -0.343 e. The number of nitrogens with zero attached hydrogens (tertiary/aromatic N) is 4. The summed E-state index contributed by atoms with van der Waals surface area (Å²) in [5, 5.41) is 4.43. The number of aromatic nitrogens is 5. The standard InChI is InChI=1S/C11H11N5/c1-2-9-14-10-5-3-4-8(16(10)15-9)11-12-6-7-13-11/h3-7H,2H2,1H3,(H,12,13).